The van der Waals surface area contributed by atoms with Gasteiger partial charge in [-0.25, -0.2) is 0 Å². The number of aliphatic imine (C=N–C) groups is 1. The van der Waals surface area contributed by atoms with E-state index in [9.17, 15) is 19.2 Å². The Morgan fingerprint density at radius 3 is 1.79 bits per heavy atom. The molecule has 11 nitrogen and oxygen atoms in total. The molecule has 0 bridgehead atoms. The highest BCUT2D eigenvalue weighted by Crippen LogP contribution is 2.19. The third-order valence-electron chi connectivity index (χ3n) is 8.31. The van der Waals surface area contributed by atoms with Gasteiger partial charge in [0, 0.05) is 25.3 Å². The standard InChI is InChI=1S/C40H47N7O4S/c41-40(42)44-23-10-17-33(38(50)47-34(25-29-13-6-2-7-14-29)37(49)43-24-22-28-11-4-1-5-12-28)46-39(51)35(27-52)45-36(48)26-30-18-20-32(21-19-30)31-15-8-3-9-16-31/h1-9,11-16,18-21,33-35,52H,10,17,22-27H2,(H,43,49)(H,45,48)(H,46,51)(H,47,50)(H4,41,42,44)/t33-,34?,35?/m1/s1. The van der Waals surface area contributed by atoms with Crippen LogP contribution >= 0.6 is 12.6 Å². The van der Waals surface area contributed by atoms with Gasteiger partial charge in [-0.1, -0.05) is 115 Å². The first-order valence-corrected chi connectivity index (χ1v) is 17.9. The molecule has 52 heavy (non-hydrogen) atoms. The molecule has 0 spiro atoms. The summed E-state index contributed by atoms with van der Waals surface area (Å²) in [6.45, 7) is 0.606. The minimum absolute atomic E-state index is 0.00664. The molecule has 4 aromatic rings. The normalized spacial score (nSPS) is 12.4. The number of thiol groups is 1. The van der Waals surface area contributed by atoms with Gasteiger partial charge in [-0.2, -0.15) is 12.6 Å². The van der Waals surface area contributed by atoms with Gasteiger partial charge in [-0.3, -0.25) is 24.2 Å². The maximum absolute atomic E-state index is 13.8. The highest BCUT2D eigenvalue weighted by Gasteiger charge is 2.29. The fraction of sp³-hybridized carbons (Fsp3) is 0.275. The van der Waals surface area contributed by atoms with Crippen molar-refractivity contribution in [3.8, 4) is 11.1 Å². The summed E-state index contributed by atoms with van der Waals surface area (Å²) in [7, 11) is 0. The lowest BCUT2D eigenvalue weighted by Gasteiger charge is -2.25. The third-order valence-corrected chi connectivity index (χ3v) is 8.67. The van der Waals surface area contributed by atoms with Crippen LogP contribution in [0.3, 0.4) is 0 Å². The second-order valence-electron chi connectivity index (χ2n) is 12.3. The fourth-order valence-corrected chi connectivity index (χ4v) is 5.80. The van der Waals surface area contributed by atoms with Gasteiger partial charge in [-0.05, 0) is 47.1 Å². The molecule has 0 radical (unpaired) electrons. The summed E-state index contributed by atoms with van der Waals surface area (Å²) in [5.74, 6) is -1.96. The second-order valence-corrected chi connectivity index (χ2v) is 12.7. The molecule has 3 atom stereocenters. The minimum Gasteiger partial charge on any atom is -0.370 e. The molecule has 4 amide bonds. The van der Waals surface area contributed by atoms with Crippen molar-refractivity contribution in [1.82, 2.24) is 21.3 Å². The Morgan fingerprint density at radius 1 is 0.615 bits per heavy atom. The van der Waals surface area contributed by atoms with Gasteiger partial charge in [-0.15, -0.1) is 0 Å². The second kappa shape index (κ2) is 20.9. The topological polar surface area (TPSA) is 181 Å². The molecule has 0 aromatic heterocycles. The first kappa shape index (κ1) is 39.2. The number of amides is 4. The largest absolute Gasteiger partial charge is 0.370 e. The summed E-state index contributed by atoms with van der Waals surface area (Å²) >= 11 is 4.31. The molecule has 8 N–H and O–H groups in total. The molecule has 4 aromatic carbocycles. The van der Waals surface area contributed by atoms with E-state index >= 15 is 0 Å². The number of nitrogens with one attached hydrogen (secondary N) is 4. The quantitative estimate of drug-likeness (QED) is 0.0339. The van der Waals surface area contributed by atoms with Gasteiger partial charge >= 0.3 is 0 Å². The van der Waals surface area contributed by atoms with E-state index in [1.165, 1.54) is 0 Å². The van der Waals surface area contributed by atoms with Crippen LogP contribution in [-0.4, -0.2) is 66.6 Å². The zero-order valence-electron chi connectivity index (χ0n) is 29.0. The van der Waals surface area contributed by atoms with Gasteiger partial charge < -0.3 is 32.7 Å². The Balaban J connectivity index is 1.41. The van der Waals surface area contributed by atoms with E-state index in [1.807, 2.05) is 115 Å². The number of benzene rings is 4. The van der Waals surface area contributed by atoms with Crippen molar-refractivity contribution in [3.05, 3.63) is 132 Å². The Labute approximate surface area is 310 Å². The van der Waals surface area contributed by atoms with Crippen molar-refractivity contribution >= 4 is 42.2 Å². The van der Waals surface area contributed by atoms with Gasteiger partial charge in [0.2, 0.25) is 23.6 Å². The summed E-state index contributed by atoms with van der Waals surface area (Å²) in [5.41, 5.74) is 15.8. The number of guanidine groups is 1. The molecule has 4 rings (SSSR count). The molecule has 0 fully saturated rings. The smallest absolute Gasteiger partial charge is 0.244 e. The third kappa shape index (κ3) is 13.3. The molecule has 0 saturated heterocycles. The Hall–Kier alpha value is -5.62. The molecular formula is C40H47N7O4S. The Morgan fingerprint density at radius 2 is 1.17 bits per heavy atom. The van der Waals surface area contributed by atoms with Crippen LogP contribution in [0.2, 0.25) is 0 Å². The van der Waals surface area contributed by atoms with E-state index in [1.54, 1.807) is 0 Å². The van der Waals surface area contributed by atoms with Gasteiger partial charge in [0.25, 0.3) is 0 Å². The number of carbonyl (C=O) groups is 4. The van der Waals surface area contributed by atoms with Gasteiger partial charge in [0.1, 0.15) is 18.1 Å². The highest BCUT2D eigenvalue weighted by atomic mass is 32.1. The maximum atomic E-state index is 13.8. The summed E-state index contributed by atoms with van der Waals surface area (Å²) in [4.78, 5) is 57.8. The molecule has 0 aliphatic heterocycles. The summed E-state index contributed by atoms with van der Waals surface area (Å²) < 4.78 is 0. The lowest BCUT2D eigenvalue weighted by Crippen LogP contribution is -2.57. The molecular weight excluding hydrogens is 675 g/mol. The van der Waals surface area contributed by atoms with Crippen LogP contribution in [0.25, 0.3) is 11.1 Å². The van der Waals surface area contributed by atoms with Crippen LogP contribution in [0.5, 0.6) is 0 Å². The number of rotatable bonds is 19. The molecule has 12 heteroatoms. The zero-order chi connectivity index (χ0) is 37.1. The Kier molecular flexibility index (Phi) is 15.8. The summed E-state index contributed by atoms with van der Waals surface area (Å²) in [5, 5.41) is 11.3. The van der Waals surface area contributed by atoms with Gasteiger partial charge in [0.15, 0.2) is 5.96 Å². The van der Waals surface area contributed by atoms with E-state index in [-0.39, 0.29) is 49.3 Å². The number of nitrogens with two attached hydrogens (primary N) is 2. The molecule has 0 aliphatic carbocycles. The van der Waals surface area contributed by atoms with Crippen molar-refractivity contribution in [2.24, 2.45) is 16.5 Å². The molecule has 272 valence electrons. The summed E-state index contributed by atoms with van der Waals surface area (Å²) in [6.07, 6.45) is 1.44. The average molecular weight is 722 g/mol. The van der Waals surface area contributed by atoms with E-state index in [0.717, 1.165) is 27.8 Å². The number of hydrogen-bond acceptors (Lipinski definition) is 6. The predicted octanol–water partition coefficient (Wildman–Crippen LogP) is 2.94. The lowest BCUT2D eigenvalue weighted by atomic mass is 10.0. The zero-order valence-corrected chi connectivity index (χ0v) is 29.9. The Bertz CT molecular complexity index is 1750. The molecule has 0 aliphatic rings. The first-order chi connectivity index (χ1) is 25.2. The number of hydrogen-bond donors (Lipinski definition) is 7. The van der Waals surface area contributed by atoms with Crippen molar-refractivity contribution in [2.45, 2.75) is 50.2 Å². The van der Waals surface area contributed by atoms with Crippen molar-refractivity contribution in [2.75, 3.05) is 18.8 Å². The van der Waals surface area contributed by atoms with Crippen molar-refractivity contribution in [1.29, 1.82) is 0 Å². The number of carbonyl (C=O) groups excluding carboxylic acids is 4. The van der Waals surface area contributed by atoms with Crippen LogP contribution in [-0.2, 0) is 38.4 Å². The fourth-order valence-electron chi connectivity index (χ4n) is 5.54. The van der Waals surface area contributed by atoms with E-state index in [4.69, 9.17) is 11.5 Å². The molecule has 0 saturated carbocycles. The van der Waals surface area contributed by atoms with E-state index in [2.05, 4.69) is 38.9 Å². The monoisotopic (exact) mass is 721 g/mol. The number of nitrogens with zero attached hydrogens (tertiary/aromatic N) is 1. The highest BCUT2D eigenvalue weighted by molar-refractivity contribution is 7.80. The van der Waals surface area contributed by atoms with Gasteiger partial charge in [0.05, 0.1) is 6.42 Å². The maximum Gasteiger partial charge on any atom is 0.244 e. The first-order valence-electron chi connectivity index (χ1n) is 17.3. The van der Waals surface area contributed by atoms with Crippen LogP contribution in [0.4, 0.5) is 0 Å². The minimum atomic E-state index is -1.05. The molecule has 2 unspecified atom stereocenters. The van der Waals surface area contributed by atoms with E-state index in [0.29, 0.717) is 19.4 Å². The van der Waals surface area contributed by atoms with Crippen molar-refractivity contribution < 1.29 is 19.2 Å². The lowest BCUT2D eigenvalue weighted by molar-refractivity contribution is -0.133. The molecule has 0 heterocycles. The summed E-state index contributed by atoms with van der Waals surface area (Å²) in [6, 6.07) is 33.7. The van der Waals surface area contributed by atoms with Crippen LogP contribution in [0.15, 0.2) is 120 Å². The predicted molar refractivity (Wildman–Crippen MR) is 208 cm³/mol. The van der Waals surface area contributed by atoms with Crippen LogP contribution < -0.4 is 32.7 Å². The van der Waals surface area contributed by atoms with Crippen LogP contribution in [0.1, 0.15) is 29.5 Å². The van der Waals surface area contributed by atoms with Crippen molar-refractivity contribution in [3.63, 3.8) is 0 Å². The average Bonchev–Trinajstić information content (AvgIpc) is 3.16. The SMILES string of the molecule is NC(N)=NCCC[C@@H](NC(=O)C(CS)NC(=O)Cc1ccc(-c2ccccc2)cc1)C(=O)NC(Cc1ccccc1)C(=O)NCCc1ccccc1. The van der Waals surface area contributed by atoms with E-state index < -0.39 is 29.9 Å². The van der Waals surface area contributed by atoms with Crippen LogP contribution in [0, 0.1) is 0 Å².